The molecule has 7 nitrogen and oxygen atoms in total. The van der Waals surface area contributed by atoms with Gasteiger partial charge in [-0.15, -0.1) is 0 Å². The Bertz CT molecular complexity index is 730. The van der Waals surface area contributed by atoms with E-state index in [-0.39, 0.29) is 35.8 Å². The molecular weight excluding hydrogens is 344 g/mol. The van der Waals surface area contributed by atoms with Gasteiger partial charge in [-0.1, -0.05) is 11.6 Å². The Hall–Kier alpha value is -1.93. The molecule has 0 aromatic heterocycles. The molecule has 23 heavy (non-hydrogen) atoms. The highest BCUT2D eigenvalue weighted by atomic mass is 35.5. The number of carbonyl (C=O) groups is 3. The molecule has 1 heterocycles. The van der Waals surface area contributed by atoms with Gasteiger partial charge in [0.1, 0.15) is 6.04 Å². The third kappa shape index (κ3) is 4.77. The Balaban J connectivity index is 1.90. The van der Waals surface area contributed by atoms with E-state index in [0.29, 0.717) is 5.02 Å². The molecule has 0 spiro atoms. The number of amides is 3. The van der Waals surface area contributed by atoms with Crippen molar-refractivity contribution < 1.29 is 22.8 Å². The number of sulfone groups is 1. The van der Waals surface area contributed by atoms with E-state index in [1.165, 1.54) is 24.3 Å². The Morgan fingerprint density at radius 1 is 1.26 bits per heavy atom. The molecule has 1 unspecified atom stereocenters. The van der Waals surface area contributed by atoms with Gasteiger partial charge in [-0.2, -0.15) is 0 Å². The van der Waals surface area contributed by atoms with E-state index in [1.54, 1.807) is 0 Å². The third-order valence-corrected chi connectivity index (χ3v) is 5.33. The van der Waals surface area contributed by atoms with Crippen molar-refractivity contribution in [3.05, 3.63) is 29.3 Å². The summed E-state index contributed by atoms with van der Waals surface area (Å²) in [7, 11) is -3.61. The highest BCUT2D eigenvalue weighted by Gasteiger charge is 2.28. The average molecular weight is 359 g/mol. The van der Waals surface area contributed by atoms with E-state index in [4.69, 9.17) is 11.6 Å². The molecule has 2 rings (SSSR count). The van der Waals surface area contributed by atoms with Crippen molar-refractivity contribution in [2.75, 3.05) is 5.75 Å². The minimum atomic E-state index is -3.61. The molecule has 0 bridgehead atoms. The largest absolute Gasteiger partial charge is 0.344 e. The number of hydrogen-bond acceptors (Lipinski definition) is 5. The Morgan fingerprint density at radius 3 is 2.52 bits per heavy atom. The fourth-order valence-electron chi connectivity index (χ4n) is 2.08. The number of nitrogens with one attached hydrogen (secondary N) is 2. The Morgan fingerprint density at radius 2 is 1.91 bits per heavy atom. The molecule has 1 fully saturated rings. The van der Waals surface area contributed by atoms with Crippen LogP contribution < -0.4 is 10.6 Å². The van der Waals surface area contributed by atoms with Crippen LogP contribution in [0.5, 0.6) is 0 Å². The quantitative estimate of drug-likeness (QED) is 0.741. The van der Waals surface area contributed by atoms with Crippen LogP contribution in [0, 0.1) is 0 Å². The van der Waals surface area contributed by atoms with E-state index in [9.17, 15) is 22.8 Å². The van der Waals surface area contributed by atoms with Crippen LogP contribution in [0.4, 0.5) is 0 Å². The lowest BCUT2D eigenvalue weighted by Crippen LogP contribution is -2.52. The summed E-state index contributed by atoms with van der Waals surface area (Å²) in [6.07, 6.45) is 0.0722. The normalized spacial score (nSPS) is 18.4. The molecule has 124 valence electrons. The molecule has 0 aliphatic carbocycles. The van der Waals surface area contributed by atoms with E-state index >= 15 is 0 Å². The predicted molar refractivity (Wildman–Crippen MR) is 82.4 cm³/mol. The van der Waals surface area contributed by atoms with Crippen molar-refractivity contribution in [1.29, 1.82) is 0 Å². The van der Waals surface area contributed by atoms with Gasteiger partial charge in [0.15, 0.2) is 9.84 Å². The van der Waals surface area contributed by atoms with Gasteiger partial charge in [0.05, 0.1) is 10.6 Å². The molecule has 3 amide bonds. The van der Waals surface area contributed by atoms with E-state index in [1.807, 2.05) is 0 Å². The molecular formula is C14H15ClN2O5S. The summed E-state index contributed by atoms with van der Waals surface area (Å²) in [6, 6.07) is 4.85. The number of piperidine rings is 1. The number of imide groups is 1. The SMILES string of the molecule is O=C1CCC(NC(=O)CCS(=O)(=O)c2ccc(Cl)cc2)C(=O)N1. The molecule has 1 aromatic carbocycles. The molecule has 0 saturated carbocycles. The van der Waals surface area contributed by atoms with Gasteiger partial charge < -0.3 is 5.32 Å². The van der Waals surface area contributed by atoms with Crippen LogP contribution in [0.25, 0.3) is 0 Å². The summed E-state index contributed by atoms with van der Waals surface area (Å²) in [5.74, 6) is -1.90. The number of carbonyl (C=O) groups excluding carboxylic acids is 3. The monoisotopic (exact) mass is 358 g/mol. The molecule has 0 radical (unpaired) electrons. The molecule has 2 N–H and O–H groups in total. The summed E-state index contributed by atoms with van der Waals surface area (Å²) in [5.41, 5.74) is 0. The van der Waals surface area contributed by atoms with Gasteiger partial charge >= 0.3 is 0 Å². The van der Waals surface area contributed by atoms with Gasteiger partial charge in [0.25, 0.3) is 0 Å². The van der Waals surface area contributed by atoms with Crippen LogP contribution in [0.3, 0.4) is 0 Å². The third-order valence-electron chi connectivity index (χ3n) is 3.35. The molecule has 1 atom stereocenters. The van der Waals surface area contributed by atoms with Crippen molar-refractivity contribution in [1.82, 2.24) is 10.6 Å². The lowest BCUT2D eigenvalue weighted by atomic mass is 10.1. The van der Waals surface area contributed by atoms with Gasteiger partial charge in [-0.25, -0.2) is 8.42 Å². The number of hydrogen-bond donors (Lipinski definition) is 2. The van der Waals surface area contributed by atoms with Crippen LogP contribution in [0.2, 0.25) is 5.02 Å². The van der Waals surface area contributed by atoms with Gasteiger partial charge in [0.2, 0.25) is 17.7 Å². The maximum absolute atomic E-state index is 12.1. The summed E-state index contributed by atoms with van der Waals surface area (Å²) in [6.45, 7) is 0. The number of halogens is 1. The van der Waals surface area contributed by atoms with Gasteiger partial charge in [0, 0.05) is 17.9 Å². The average Bonchev–Trinajstić information content (AvgIpc) is 2.49. The fraction of sp³-hybridized carbons (Fsp3) is 0.357. The second-order valence-electron chi connectivity index (χ2n) is 5.09. The van der Waals surface area contributed by atoms with E-state index < -0.39 is 27.7 Å². The summed E-state index contributed by atoms with van der Waals surface area (Å²) >= 11 is 5.70. The summed E-state index contributed by atoms with van der Waals surface area (Å²) in [4.78, 5) is 34.4. The molecule has 9 heteroatoms. The summed E-state index contributed by atoms with van der Waals surface area (Å²) < 4.78 is 24.2. The molecule has 1 aliphatic heterocycles. The first kappa shape index (κ1) is 17.4. The van der Waals surface area contributed by atoms with Crippen molar-refractivity contribution in [2.45, 2.75) is 30.2 Å². The second-order valence-corrected chi connectivity index (χ2v) is 7.64. The van der Waals surface area contributed by atoms with Crippen molar-refractivity contribution in [2.24, 2.45) is 0 Å². The van der Waals surface area contributed by atoms with Crippen molar-refractivity contribution in [3.63, 3.8) is 0 Å². The predicted octanol–water partition coefficient (Wildman–Crippen LogP) is 0.425. The van der Waals surface area contributed by atoms with Crippen LogP contribution in [0.15, 0.2) is 29.2 Å². The minimum Gasteiger partial charge on any atom is -0.344 e. The Kier molecular flexibility index (Phi) is 5.38. The molecule has 1 saturated heterocycles. The van der Waals surface area contributed by atoms with Crippen LogP contribution in [-0.2, 0) is 24.2 Å². The summed E-state index contributed by atoms with van der Waals surface area (Å²) in [5, 5.41) is 4.96. The van der Waals surface area contributed by atoms with Crippen molar-refractivity contribution >= 4 is 39.2 Å². The van der Waals surface area contributed by atoms with Gasteiger partial charge in [-0.3, -0.25) is 19.7 Å². The first-order valence-electron chi connectivity index (χ1n) is 6.89. The first-order valence-corrected chi connectivity index (χ1v) is 8.92. The minimum absolute atomic E-state index is 0.0794. The maximum Gasteiger partial charge on any atom is 0.249 e. The topological polar surface area (TPSA) is 109 Å². The maximum atomic E-state index is 12.1. The zero-order chi connectivity index (χ0) is 17.0. The second kappa shape index (κ2) is 7.10. The molecule has 1 aromatic rings. The van der Waals surface area contributed by atoms with Crippen LogP contribution >= 0.6 is 11.6 Å². The highest BCUT2D eigenvalue weighted by Crippen LogP contribution is 2.16. The lowest BCUT2D eigenvalue weighted by molar-refractivity contribution is -0.137. The standard InChI is InChI=1S/C14H15ClN2O5S/c15-9-1-3-10(4-2-9)23(21,22)8-7-13(19)16-11-5-6-12(18)17-14(11)20/h1-4,11H,5-8H2,(H,16,19)(H,17,18,20). The Labute approximate surface area is 138 Å². The first-order chi connectivity index (χ1) is 10.8. The van der Waals surface area contributed by atoms with E-state index in [0.717, 1.165) is 0 Å². The highest BCUT2D eigenvalue weighted by molar-refractivity contribution is 7.91. The van der Waals surface area contributed by atoms with E-state index in [2.05, 4.69) is 10.6 Å². The van der Waals surface area contributed by atoms with Gasteiger partial charge in [-0.05, 0) is 30.7 Å². The number of benzene rings is 1. The fourth-order valence-corrected chi connectivity index (χ4v) is 3.45. The smallest absolute Gasteiger partial charge is 0.249 e. The zero-order valence-electron chi connectivity index (χ0n) is 12.0. The zero-order valence-corrected chi connectivity index (χ0v) is 13.6. The van der Waals surface area contributed by atoms with Crippen molar-refractivity contribution in [3.8, 4) is 0 Å². The van der Waals surface area contributed by atoms with Crippen LogP contribution in [0.1, 0.15) is 19.3 Å². The van der Waals surface area contributed by atoms with Crippen LogP contribution in [-0.4, -0.2) is 37.9 Å². The number of rotatable bonds is 5. The lowest BCUT2D eigenvalue weighted by Gasteiger charge is -2.21. The molecule has 1 aliphatic rings.